The molecule has 153 valence electrons. The van der Waals surface area contributed by atoms with Crippen molar-refractivity contribution in [3.63, 3.8) is 0 Å². The molecule has 1 radical (unpaired) electrons. The standard InChI is InChI=1S/C24H27N3O.Co/c1-24(2,3)21-10-6-19(7-11-21)17-26-16-18-4-8-20(9-5-18)23(28)27-22-12-14-25-15-13-22;/h4-15,26H,16-17H2,1-3H3,(H,25,27,28);. The fourth-order valence-corrected chi connectivity index (χ4v) is 2.89. The van der Waals surface area contributed by atoms with Crippen LogP contribution in [-0.4, -0.2) is 10.9 Å². The summed E-state index contributed by atoms with van der Waals surface area (Å²) in [5, 5.41) is 6.32. The number of amides is 1. The van der Waals surface area contributed by atoms with E-state index in [1.807, 2.05) is 24.3 Å². The molecule has 0 bridgehead atoms. The minimum absolute atomic E-state index is 0. The molecule has 0 aliphatic carbocycles. The summed E-state index contributed by atoms with van der Waals surface area (Å²) in [6.45, 7) is 8.24. The average molecular weight is 432 g/mol. The first-order chi connectivity index (χ1) is 13.4. The predicted octanol–water partition coefficient (Wildman–Crippen LogP) is 4.92. The molecule has 2 aromatic carbocycles. The Hall–Kier alpha value is -2.47. The van der Waals surface area contributed by atoms with Crippen molar-refractivity contribution < 1.29 is 21.6 Å². The Morgan fingerprint density at radius 1 is 0.828 bits per heavy atom. The first-order valence-corrected chi connectivity index (χ1v) is 9.52. The van der Waals surface area contributed by atoms with Crippen molar-refractivity contribution in [1.82, 2.24) is 10.3 Å². The van der Waals surface area contributed by atoms with Crippen molar-refractivity contribution in [2.24, 2.45) is 0 Å². The maximum Gasteiger partial charge on any atom is 0.255 e. The molecule has 3 rings (SSSR count). The number of anilines is 1. The fraction of sp³-hybridized carbons (Fsp3) is 0.250. The molecule has 0 atom stereocenters. The van der Waals surface area contributed by atoms with Crippen LogP contribution in [0.3, 0.4) is 0 Å². The number of pyridine rings is 1. The van der Waals surface area contributed by atoms with Gasteiger partial charge in [0.2, 0.25) is 0 Å². The first kappa shape index (κ1) is 22.8. The van der Waals surface area contributed by atoms with Crippen molar-refractivity contribution in [3.05, 3.63) is 95.3 Å². The summed E-state index contributed by atoms with van der Waals surface area (Å²) < 4.78 is 0. The number of hydrogen-bond donors (Lipinski definition) is 2. The van der Waals surface area contributed by atoms with Gasteiger partial charge in [-0.05, 0) is 46.4 Å². The molecule has 0 spiro atoms. The van der Waals surface area contributed by atoms with E-state index in [9.17, 15) is 4.79 Å². The van der Waals surface area contributed by atoms with Crippen molar-refractivity contribution in [2.75, 3.05) is 5.32 Å². The SMILES string of the molecule is CC(C)(C)c1ccc(CNCc2ccc(C(=O)Nc3ccncc3)cc2)cc1.[Co]. The summed E-state index contributed by atoms with van der Waals surface area (Å²) in [5.74, 6) is -0.121. The number of carbonyl (C=O) groups excluding carboxylic acids is 1. The molecule has 2 N–H and O–H groups in total. The molecule has 29 heavy (non-hydrogen) atoms. The fourth-order valence-electron chi connectivity index (χ4n) is 2.89. The van der Waals surface area contributed by atoms with E-state index < -0.39 is 0 Å². The second kappa shape index (κ2) is 10.3. The molecule has 0 saturated carbocycles. The van der Waals surface area contributed by atoms with Gasteiger partial charge in [-0.3, -0.25) is 9.78 Å². The van der Waals surface area contributed by atoms with E-state index in [-0.39, 0.29) is 28.1 Å². The number of carbonyl (C=O) groups is 1. The minimum Gasteiger partial charge on any atom is -0.322 e. The molecular weight excluding hydrogens is 405 g/mol. The van der Waals surface area contributed by atoms with Gasteiger partial charge in [0, 0.05) is 53.5 Å². The van der Waals surface area contributed by atoms with E-state index in [0.29, 0.717) is 5.56 Å². The van der Waals surface area contributed by atoms with Crippen LogP contribution in [-0.2, 0) is 35.3 Å². The van der Waals surface area contributed by atoms with E-state index >= 15 is 0 Å². The first-order valence-electron chi connectivity index (χ1n) is 9.52. The van der Waals surface area contributed by atoms with Crippen molar-refractivity contribution in [2.45, 2.75) is 39.3 Å². The molecule has 1 aromatic heterocycles. The van der Waals surface area contributed by atoms with Crippen molar-refractivity contribution >= 4 is 11.6 Å². The monoisotopic (exact) mass is 432 g/mol. The van der Waals surface area contributed by atoms with Crippen LogP contribution in [0, 0.1) is 0 Å². The van der Waals surface area contributed by atoms with Gasteiger partial charge in [-0.1, -0.05) is 57.2 Å². The Kier molecular flexibility index (Phi) is 8.14. The third kappa shape index (κ3) is 6.82. The largest absolute Gasteiger partial charge is 0.322 e. The topological polar surface area (TPSA) is 54.0 Å². The zero-order chi connectivity index (χ0) is 20.0. The van der Waals surface area contributed by atoms with Gasteiger partial charge < -0.3 is 10.6 Å². The van der Waals surface area contributed by atoms with E-state index in [2.05, 4.69) is 60.7 Å². The molecule has 4 nitrogen and oxygen atoms in total. The van der Waals surface area contributed by atoms with Gasteiger partial charge >= 0.3 is 0 Å². The normalized spacial score (nSPS) is 10.9. The number of benzene rings is 2. The zero-order valence-electron chi connectivity index (χ0n) is 17.0. The van der Waals surface area contributed by atoms with Gasteiger partial charge in [-0.25, -0.2) is 0 Å². The summed E-state index contributed by atoms with van der Waals surface area (Å²) in [5.41, 5.74) is 5.31. The molecule has 1 heterocycles. The van der Waals surface area contributed by atoms with E-state index in [4.69, 9.17) is 0 Å². The summed E-state index contributed by atoms with van der Waals surface area (Å²) in [7, 11) is 0. The van der Waals surface area contributed by atoms with Gasteiger partial charge in [0.15, 0.2) is 0 Å². The average Bonchev–Trinajstić information content (AvgIpc) is 2.69. The summed E-state index contributed by atoms with van der Waals surface area (Å²) in [6.07, 6.45) is 3.31. The quantitative estimate of drug-likeness (QED) is 0.582. The number of rotatable bonds is 6. The number of nitrogens with one attached hydrogen (secondary N) is 2. The Morgan fingerprint density at radius 2 is 1.34 bits per heavy atom. The van der Waals surface area contributed by atoms with Crippen LogP contribution in [0.5, 0.6) is 0 Å². The summed E-state index contributed by atoms with van der Waals surface area (Å²) in [4.78, 5) is 16.2. The van der Waals surface area contributed by atoms with Gasteiger partial charge in [0.05, 0.1) is 0 Å². The molecule has 3 aromatic rings. The van der Waals surface area contributed by atoms with Crippen LogP contribution in [0.15, 0.2) is 73.1 Å². The Morgan fingerprint density at radius 3 is 1.86 bits per heavy atom. The number of nitrogens with zero attached hydrogens (tertiary/aromatic N) is 1. The van der Waals surface area contributed by atoms with Crippen molar-refractivity contribution in [3.8, 4) is 0 Å². The van der Waals surface area contributed by atoms with Crippen LogP contribution < -0.4 is 10.6 Å². The van der Waals surface area contributed by atoms with Crippen LogP contribution >= 0.6 is 0 Å². The van der Waals surface area contributed by atoms with Crippen LogP contribution in [0.25, 0.3) is 0 Å². The Labute approximate surface area is 183 Å². The van der Waals surface area contributed by atoms with Crippen molar-refractivity contribution in [1.29, 1.82) is 0 Å². The molecule has 0 fully saturated rings. The van der Waals surface area contributed by atoms with Crippen LogP contribution in [0.2, 0.25) is 0 Å². The minimum atomic E-state index is -0.121. The molecule has 0 saturated heterocycles. The molecule has 0 aliphatic rings. The number of aromatic nitrogens is 1. The van der Waals surface area contributed by atoms with Gasteiger partial charge in [-0.15, -0.1) is 0 Å². The van der Waals surface area contributed by atoms with E-state index in [1.54, 1.807) is 24.5 Å². The third-order valence-corrected chi connectivity index (χ3v) is 4.63. The Balaban J connectivity index is 0.00000300. The van der Waals surface area contributed by atoms with Gasteiger partial charge in [0.1, 0.15) is 0 Å². The summed E-state index contributed by atoms with van der Waals surface area (Å²) >= 11 is 0. The smallest absolute Gasteiger partial charge is 0.255 e. The molecule has 0 aliphatic heterocycles. The molecular formula is C24H27CoN3O. The number of hydrogen-bond acceptors (Lipinski definition) is 3. The molecule has 1 amide bonds. The zero-order valence-corrected chi connectivity index (χ0v) is 18.1. The van der Waals surface area contributed by atoms with Gasteiger partial charge in [-0.2, -0.15) is 0 Å². The Bertz CT molecular complexity index is 902. The summed E-state index contributed by atoms with van der Waals surface area (Å²) in [6, 6.07) is 20.0. The van der Waals surface area contributed by atoms with Crippen LogP contribution in [0.1, 0.15) is 47.8 Å². The van der Waals surface area contributed by atoms with Crippen LogP contribution in [0.4, 0.5) is 5.69 Å². The molecule has 5 heteroatoms. The van der Waals surface area contributed by atoms with Gasteiger partial charge in [0.25, 0.3) is 5.91 Å². The maximum absolute atomic E-state index is 12.3. The predicted molar refractivity (Wildman–Crippen MR) is 114 cm³/mol. The second-order valence-corrected chi connectivity index (χ2v) is 7.94. The maximum atomic E-state index is 12.3. The third-order valence-electron chi connectivity index (χ3n) is 4.63. The van der Waals surface area contributed by atoms with E-state index in [1.165, 1.54) is 11.1 Å². The second-order valence-electron chi connectivity index (χ2n) is 7.94. The van der Waals surface area contributed by atoms with E-state index in [0.717, 1.165) is 24.3 Å². The molecule has 0 unspecified atom stereocenters.